The Morgan fingerprint density at radius 2 is 2.45 bits per heavy atom. The van der Waals surface area contributed by atoms with Crippen LogP contribution in [-0.2, 0) is 4.79 Å². The van der Waals surface area contributed by atoms with Crippen molar-refractivity contribution >= 4 is 11.7 Å². The second kappa shape index (κ2) is 3.46. The largest absolute Gasteiger partial charge is 0.306 e. The summed E-state index contributed by atoms with van der Waals surface area (Å²) in [4.78, 5) is 18.3. The van der Waals surface area contributed by atoms with Crippen LogP contribution in [0.15, 0.2) is 31.2 Å². The fraction of sp³-hybridized carbons (Fsp3) is 0. The molecule has 1 aromatic heterocycles. The van der Waals surface area contributed by atoms with Crippen molar-refractivity contribution in [2.45, 2.75) is 0 Å². The molecule has 1 aromatic rings. The van der Waals surface area contributed by atoms with Gasteiger partial charge in [0.15, 0.2) is 5.82 Å². The smallest absolute Gasteiger partial charge is 0.248 e. The molecular formula is C7H7N3O. The summed E-state index contributed by atoms with van der Waals surface area (Å²) in [6.45, 7) is 3.30. The molecule has 0 unspecified atom stereocenters. The number of hydrogen-bond acceptors (Lipinski definition) is 3. The van der Waals surface area contributed by atoms with Crippen molar-refractivity contribution in [1.29, 1.82) is 0 Å². The van der Waals surface area contributed by atoms with E-state index in [1.807, 2.05) is 0 Å². The van der Waals surface area contributed by atoms with Gasteiger partial charge in [0.1, 0.15) is 0 Å². The summed E-state index contributed by atoms with van der Waals surface area (Å²) >= 11 is 0. The van der Waals surface area contributed by atoms with Crippen LogP contribution >= 0.6 is 0 Å². The minimum Gasteiger partial charge on any atom is -0.306 e. The van der Waals surface area contributed by atoms with Crippen LogP contribution in [0.1, 0.15) is 0 Å². The van der Waals surface area contributed by atoms with Gasteiger partial charge in [-0.3, -0.25) is 9.78 Å². The molecule has 1 rings (SSSR count). The fourth-order valence-corrected chi connectivity index (χ4v) is 0.541. The number of hydrogen-bond donors (Lipinski definition) is 1. The summed E-state index contributed by atoms with van der Waals surface area (Å²) in [5, 5.41) is 2.46. The summed E-state index contributed by atoms with van der Waals surface area (Å²) in [6.07, 6.45) is 5.67. The van der Waals surface area contributed by atoms with E-state index in [1.165, 1.54) is 24.7 Å². The molecule has 0 spiro atoms. The highest BCUT2D eigenvalue weighted by molar-refractivity contribution is 5.98. The van der Waals surface area contributed by atoms with Crippen LogP contribution < -0.4 is 5.32 Å². The maximum absolute atomic E-state index is 10.7. The molecule has 11 heavy (non-hydrogen) atoms. The first-order valence-electron chi connectivity index (χ1n) is 3.02. The number of carbonyl (C=O) groups excluding carboxylic acids is 1. The molecule has 1 amide bonds. The summed E-state index contributed by atoms with van der Waals surface area (Å²) in [6, 6.07) is 0. The number of nitrogens with zero attached hydrogens (tertiary/aromatic N) is 2. The van der Waals surface area contributed by atoms with Crippen LogP contribution in [0.25, 0.3) is 0 Å². The maximum atomic E-state index is 10.7. The van der Waals surface area contributed by atoms with Gasteiger partial charge >= 0.3 is 0 Å². The molecular weight excluding hydrogens is 142 g/mol. The average molecular weight is 149 g/mol. The topological polar surface area (TPSA) is 54.9 Å². The standard InChI is InChI=1S/C7H7N3O/c1-2-7(11)10-6-5-8-3-4-9-6/h2-5H,1H2,(H,9,10,11). The Balaban J connectivity index is 2.65. The van der Waals surface area contributed by atoms with Gasteiger partial charge in [-0.2, -0.15) is 0 Å². The number of nitrogens with one attached hydrogen (secondary N) is 1. The summed E-state index contributed by atoms with van der Waals surface area (Å²) in [7, 11) is 0. The van der Waals surface area contributed by atoms with Gasteiger partial charge in [0, 0.05) is 12.4 Å². The van der Waals surface area contributed by atoms with Crippen LogP contribution in [0.5, 0.6) is 0 Å². The third-order valence-electron chi connectivity index (χ3n) is 1.000. The van der Waals surface area contributed by atoms with Crippen LogP contribution in [0.4, 0.5) is 5.82 Å². The predicted molar refractivity (Wildman–Crippen MR) is 40.9 cm³/mol. The second-order valence-corrected chi connectivity index (χ2v) is 1.78. The van der Waals surface area contributed by atoms with Crippen molar-refractivity contribution in [2.24, 2.45) is 0 Å². The van der Waals surface area contributed by atoms with E-state index in [1.54, 1.807) is 0 Å². The predicted octanol–water partition coefficient (Wildman–Crippen LogP) is 0.601. The second-order valence-electron chi connectivity index (χ2n) is 1.78. The van der Waals surface area contributed by atoms with E-state index in [4.69, 9.17) is 0 Å². The Labute approximate surface area is 64.0 Å². The highest BCUT2D eigenvalue weighted by Gasteiger charge is 1.94. The molecule has 0 aliphatic rings. The molecule has 1 heterocycles. The van der Waals surface area contributed by atoms with Gasteiger partial charge < -0.3 is 5.32 Å². The zero-order valence-electron chi connectivity index (χ0n) is 5.82. The van der Waals surface area contributed by atoms with E-state index in [-0.39, 0.29) is 5.91 Å². The number of aromatic nitrogens is 2. The van der Waals surface area contributed by atoms with Crippen molar-refractivity contribution in [3.05, 3.63) is 31.2 Å². The van der Waals surface area contributed by atoms with E-state index < -0.39 is 0 Å². The average Bonchev–Trinajstić information content (AvgIpc) is 2.06. The quantitative estimate of drug-likeness (QED) is 0.626. The van der Waals surface area contributed by atoms with Gasteiger partial charge in [0.2, 0.25) is 5.91 Å². The lowest BCUT2D eigenvalue weighted by atomic mass is 10.5. The maximum Gasteiger partial charge on any atom is 0.248 e. The number of anilines is 1. The highest BCUT2D eigenvalue weighted by Crippen LogP contribution is 1.95. The van der Waals surface area contributed by atoms with Gasteiger partial charge in [0.05, 0.1) is 6.20 Å². The third kappa shape index (κ3) is 2.17. The molecule has 0 aliphatic carbocycles. The first-order valence-corrected chi connectivity index (χ1v) is 3.02. The number of carbonyl (C=O) groups is 1. The lowest BCUT2D eigenvalue weighted by Crippen LogP contribution is -2.08. The number of amides is 1. The number of rotatable bonds is 2. The molecule has 0 bridgehead atoms. The normalized spacial score (nSPS) is 8.73. The molecule has 1 N–H and O–H groups in total. The molecule has 56 valence electrons. The first-order chi connectivity index (χ1) is 5.33. The Morgan fingerprint density at radius 1 is 1.64 bits per heavy atom. The van der Waals surface area contributed by atoms with Crippen LogP contribution in [0.3, 0.4) is 0 Å². The molecule has 0 saturated carbocycles. The molecule has 0 fully saturated rings. The Hall–Kier alpha value is -1.71. The third-order valence-corrected chi connectivity index (χ3v) is 1.000. The van der Waals surface area contributed by atoms with E-state index in [2.05, 4.69) is 21.9 Å². The SMILES string of the molecule is C=CC(=O)Nc1cnccn1. The van der Waals surface area contributed by atoms with Gasteiger partial charge in [-0.25, -0.2) is 4.98 Å². The van der Waals surface area contributed by atoms with Crippen LogP contribution in [0.2, 0.25) is 0 Å². The van der Waals surface area contributed by atoms with Crippen molar-refractivity contribution in [2.75, 3.05) is 5.32 Å². The van der Waals surface area contributed by atoms with Crippen molar-refractivity contribution in [1.82, 2.24) is 9.97 Å². The molecule has 0 aromatic carbocycles. The fourth-order valence-electron chi connectivity index (χ4n) is 0.541. The van der Waals surface area contributed by atoms with Gasteiger partial charge in [-0.15, -0.1) is 0 Å². The van der Waals surface area contributed by atoms with Crippen molar-refractivity contribution in [3.63, 3.8) is 0 Å². The first kappa shape index (κ1) is 7.40. The molecule has 0 aliphatic heterocycles. The molecule has 4 nitrogen and oxygen atoms in total. The zero-order valence-corrected chi connectivity index (χ0v) is 5.82. The summed E-state index contributed by atoms with van der Waals surface area (Å²) in [5.41, 5.74) is 0. The monoisotopic (exact) mass is 149 g/mol. The van der Waals surface area contributed by atoms with Crippen molar-refractivity contribution in [3.8, 4) is 0 Å². The van der Waals surface area contributed by atoms with Gasteiger partial charge in [-0.1, -0.05) is 6.58 Å². The zero-order chi connectivity index (χ0) is 8.10. The van der Waals surface area contributed by atoms with E-state index >= 15 is 0 Å². The van der Waals surface area contributed by atoms with Crippen LogP contribution in [0, 0.1) is 0 Å². The Morgan fingerprint density at radius 3 is 3.00 bits per heavy atom. The minimum absolute atomic E-state index is 0.287. The molecule has 0 saturated heterocycles. The lowest BCUT2D eigenvalue weighted by Gasteiger charge is -1.96. The molecule has 0 radical (unpaired) electrons. The highest BCUT2D eigenvalue weighted by atomic mass is 16.1. The van der Waals surface area contributed by atoms with E-state index in [0.717, 1.165) is 0 Å². The van der Waals surface area contributed by atoms with Crippen molar-refractivity contribution < 1.29 is 4.79 Å². The van der Waals surface area contributed by atoms with Gasteiger partial charge in [-0.05, 0) is 6.08 Å². The molecule has 4 heteroatoms. The lowest BCUT2D eigenvalue weighted by molar-refractivity contribution is -0.111. The van der Waals surface area contributed by atoms with Gasteiger partial charge in [0.25, 0.3) is 0 Å². The summed E-state index contributed by atoms with van der Waals surface area (Å²) in [5.74, 6) is 0.142. The van der Waals surface area contributed by atoms with Crippen LogP contribution in [-0.4, -0.2) is 15.9 Å². The van der Waals surface area contributed by atoms with E-state index in [0.29, 0.717) is 5.82 Å². The molecule has 0 atom stereocenters. The summed E-state index contributed by atoms with van der Waals surface area (Å²) < 4.78 is 0. The Kier molecular flexibility index (Phi) is 2.32. The Bertz CT molecular complexity index is 258. The van der Waals surface area contributed by atoms with E-state index in [9.17, 15) is 4.79 Å². The minimum atomic E-state index is -0.287.